The Morgan fingerprint density at radius 3 is 3.17 bits per heavy atom. The van der Waals surface area contributed by atoms with E-state index in [1.165, 1.54) is 0 Å². The molecule has 0 saturated carbocycles. The van der Waals surface area contributed by atoms with Crippen molar-refractivity contribution in [1.82, 2.24) is 10.2 Å². The fourth-order valence-electron chi connectivity index (χ4n) is 0.749. The first-order valence-corrected chi connectivity index (χ1v) is 3.47. The van der Waals surface area contributed by atoms with E-state index in [0.29, 0.717) is 5.82 Å². The van der Waals surface area contributed by atoms with E-state index >= 15 is 0 Å². The minimum absolute atomic E-state index is 0.0818. The zero-order valence-electron chi connectivity index (χ0n) is 6.72. The molecule has 1 rings (SSSR count). The van der Waals surface area contributed by atoms with Crippen LogP contribution >= 0.6 is 0 Å². The van der Waals surface area contributed by atoms with Gasteiger partial charge in [-0.05, 0) is 6.92 Å². The number of H-pyrrole nitrogens is 1. The summed E-state index contributed by atoms with van der Waals surface area (Å²) < 4.78 is 0. The third kappa shape index (κ3) is 1.86. The van der Waals surface area contributed by atoms with Crippen molar-refractivity contribution in [1.29, 1.82) is 0 Å². The van der Waals surface area contributed by atoms with E-state index in [2.05, 4.69) is 21.4 Å². The first kappa shape index (κ1) is 8.34. The lowest BCUT2D eigenvalue weighted by Gasteiger charge is -1.99. The lowest BCUT2D eigenvalue weighted by atomic mass is 10.3. The van der Waals surface area contributed by atoms with Crippen LogP contribution in [0.3, 0.4) is 0 Å². The molecule has 62 valence electrons. The Hall–Kier alpha value is -1.76. The van der Waals surface area contributed by atoms with Gasteiger partial charge in [-0.25, -0.2) is 0 Å². The molecule has 1 heterocycles. The summed E-state index contributed by atoms with van der Waals surface area (Å²) in [7, 11) is 0. The van der Waals surface area contributed by atoms with E-state index < -0.39 is 0 Å². The molecule has 1 aromatic rings. The maximum Gasteiger partial charge on any atom is 0.237 e. The van der Waals surface area contributed by atoms with Crippen LogP contribution in [0.25, 0.3) is 0 Å². The summed E-state index contributed by atoms with van der Waals surface area (Å²) in [6.07, 6.45) is 6.67. The molecule has 0 aliphatic rings. The summed E-state index contributed by atoms with van der Waals surface area (Å²) in [6, 6.07) is 0. The number of aromatic nitrogens is 2. The third-order valence-electron chi connectivity index (χ3n) is 1.36. The van der Waals surface area contributed by atoms with Gasteiger partial charge in [0, 0.05) is 5.56 Å². The molecule has 0 aromatic carbocycles. The Balaban J connectivity index is 2.59. The van der Waals surface area contributed by atoms with Crippen molar-refractivity contribution in [2.45, 2.75) is 13.3 Å². The third-order valence-corrected chi connectivity index (χ3v) is 1.36. The number of hydrogen-bond acceptors (Lipinski definition) is 2. The summed E-state index contributed by atoms with van der Waals surface area (Å²) in [5, 5.41) is 8.98. The molecule has 0 saturated heterocycles. The molecule has 12 heavy (non-hydrogen) atoms. The average Bonchev–Trinajstić information content (AvgIpc) is 2.37. The van der Waals surface area contributed by atoms with E-state index in [0.717, 1.165) is 5.56 Å². The molecule has 1 amide bonds. The number of nitrogens with zero attached hydrogens (tertiary/aromatic N) is 1. The first-order valence-electron chi connectivity index (χ1n) is 3.47. The molecule has 0 fully saturated rings. The van der Waals surface area contributed by atoms with Gasteiger partial charge in [-0.3, -0.25) is 9.89 Å². The van der Waals surface area contributed by atoms with Gasteiger partial charge in [-0.2, -0.15) is 5.10 Å². The molecular formula is C8H9N3O. The molecule has 0 aliphatic heterocycles. The Morgan fingerprint density at radius 1 is 1.92 bits per heavy atom. The highest BCUT2D eigenvalue weighted by molar-refractivity contribution is 5.91. The molecule has 2 N–H and O–H groups in total. The molecule has 0 unspecified atom stereocenters. The fourth-order valence-corrected chi connectivity index (χ4v) is 0.749. The van der Waals surface area contributed by atoms with Crippen LogP contribution in [0.15, 0.2) is 6.20 Å². The van der Waals surface area contributed by atoms with Crippen LogP contribution in [0.2, 0.25) is 0 Å². The lowest BCUT2D eigenvalue weighted by Crippen LogP contribution is -2.11. The number of nitrogens with one attached hydrogen (secondary N) is 2. The number of rotatable bonds is 2. The smallest absolute Gasteiger partial charge is 0.237 e. The number of carbonyl (C=O) groups is 1. The van der Waals surface area contributed by atoms with Gasteiger partial charge in [0.1, 0.15) is 5.82 Å². The molecule has 0 bridgehead atoms. The topological polar surface area (TPSA) is 57.8 Å². The first-order chi connectivity index (χ1) is 5.74. The number of amides is 1. The summed E-state index contributed by atoms with van der Waals surface area (Å²) in [6.45, 7) is 1.84. The quantitative estimate of drug-likeness (QED) is 0.630. The number of terminal acetylenes is 1. The van der Waals surface area contributed by atoms with Crippen molar-refractivity contribution >= 4 is 11.7 Å². The average molecular weight is 163 g/mol. The second-order valence-corrected chi connectivity index (χ2v) is 2.36. The van der Waals surface area contributed by atoms with Gasteiger partial charge in [0.2, 0.25) is 5.91 Å². The van der Waals surface area contributed by atoms with Gasteiger partial charge >= 0.3 is 0 Å². The van der Waals surface area contributed by atoms with E-state index in [-0.39, 0.29) is 12.3 Å². The monoisotopic (exact) mass is 163 g/mol. The van der Waals surface area contributed by atoms with Crippen LogP contribution in [-0.2, 0) is 4.79 Å². The molecule has 1 aromatic heterocycles. The lowest BCUT2D eigenvalue weighted by molar-refractivity contribution is -0.115. The zero-order valence-corrected chi connectivity index (χ0v) is 6.72. The Bertz CT molecular complexity index is 321. The molecule has 0 radical (unpaired) electrons. The number of anilines is 1. The van der Waals surface area contributed by atoms with E-state index in [4.69, 9.17) is 6.42 Å². The van der Waals surface area contributed by atoms with Gasteiger partial charge in [-0.1, -0.05) is 5.92 Å². The number of carbonyl (C=O) groups excluding carboxylic acids is 1. The van der Waals surface area contributed by atoms with Crippen LogP contribution in [0.5, 0.6) is 0 Å². The van der Waals surface area contributed by atoms with E-state index in [9.17, 15) is 4.79 Å². The van der Waals surface area contributed by atoms with Gasteiger partial charge in [0.15, 0.2) is 0 Å². The maximum absolute atomic E-state index is 11.0. The highest BCUT2D eigenvalue weighted by Gasteiger charge is 2.03. The Labute approximate surface area is 70.4 Å². The predicted octanol–water partition coefficient (Wildman–Crippen LogP) is 0.680. The van der Waals surface area contributed by atoms with Crippen LogP contribution in [0.4, 0.5) is 5.82 Å². The van der Waals surface area contributed by atoms with Crippen molar-refractivity contribution in [2.24, 2.45) is 0 Å². The zero-order chi connectivity index (χ0) is 8.97. The van der Waals surface area contributed by atoms with Crippen molar-refractivity contribution in [3.05, 3.63) is 11.8 Å². The summed E-state index contributed by atoms with van der Waals surface area (Å²) in [4.78, 5) is 11.0. The van der Waals surface area contributed by atoms with Gasteiger partial charge in [-0.15, -0.1) is 6.42 Å². The molecular weight excluding hydrogens is 154 g/mol. The highest BCUT2D eigenvalue weighted by atomic mass is 16.1. The molecule has 4 heteroatoms. The molecule has 0 spiro atoms. The summed E-state index contributed by atoms with van der Waals surface area (Å²) >= 11 is 0. The van der Waals surface area contributed by atoms with Crippen LogP contribution in [-0.4, -0.2) is 16.1 Å². The number of aryl methyl sites for hydroxylation is 1. The summed E-state index contributed by atoms with van der Waals surface area (Å²) in [5.74, 6) is 2.66. The number of aromatic amines is 1. The van der Waals surface area contributed by atoms with E-state index in [1.807, 2.05) is 6.92 Å². The SMILES string of the molecule is C#CCC(=O)Nc1[nH]ncc1C. The van der Waals surface area contributed by atoms with Crippen molar-refractivity contribution in [2.75, 3.05) is 5.32 Å². The maximum atomic E-state index is 11.0. The Kier molecular flexibility index (Phi) is 2.49. The minimum Gasteiger partial charge on any atom is -0.310 e. The minimum atomic E-state index is -0.204. The standard InChI is InChI=1S/C8H9N3O/c1-3-4-7(12)10-8-6(2)5-9-11-8/h1,5H,4H2,2H3,(H2,9,10,11,12). The van der Waals surface area contributed by atoms with Gasteiger partial charge < -0.3 is 5.32 Å². The van der Waals surface area contributed by atoms with Crippen molar-refractivity contribution < 1.29 is 4.79 Å². The van der Waals surface area contributed by atoms with Crippen molar-refractivity contribution in [3.63, 3.8) is 0 Å². The fraction of sp³-hybridized carbons (Fsp3) is 0.250. The van der Waals surface area contributed by atoms with Crippen LogP contribution in [0, 0.1) is 19.3 Å². The molecule has 4 nitrogen and oxygen atoms in total. The second kappa shape index (κ2) is 3.58. The molecule has 0 atom stereocenters. The normalized spacial score (nSPS) is 9.00. The van der Waals surface area contributed by atoms with Crippen LogP contribution < -0.4 is 5.32 Å². The Morgan fingerprint density at radius 2 is 2.67 bits per heavy atom. The molecule has 0 aliphatic carbocycles. The van der Waals surface area contributed by atoms with Crippen molar-refractivity contribution in [3.8, 4) is 12.3 Å². The van der Waals surface area contributed by atoms with E-state index in [1.54, 1.807) is 6.20 Å². The van der Waals surface area contributed by atoms with Gasteiger partial charge in [0.25, 0.3) is 0 Å². The highest BCUT2D eigenvalue weighted by Crippen LogP contribution is 2.07. The number of hydrogen-bond donors (Lipinski definition) is 2. The van der Waals surface area contributed by atoms with Crippen LogP contribution in [0.1, 0.15) is 12.0 Å². The predicted molar refractivity (Wildman–Crippen MR) is 45.4 cm³/mol. The summed E-state index contributed by atoms with van der Waals surface area (Å²) in [5.41, 5.74) is 0.889. The largest absolute Gasteiger partial charge is 0.310 e. The van der Waals surface area contributed by atoms with Gasteiger partial charge in [0.05, 0.1) is 12.6 Å². The second-order valence-electron chi connectivity index (χ2n) is 2.36.